The molecule has 4 rings (SSSR count). The van der Waals surface area contributed by atoms with Crippen LogP contribution < -0.4 is 4.74 Å². The van der Waals surface area contributed by atoms with E-state index in [4.69, 9.17) is 27.9 Å². The van der Waals surface area contributed by atoms with Gasteiger partial charge in [-0.15, -0.1) is 0 Å². The van der Waals surface area contributed by atoms with Crippen molar-refractivity contribution >= 4 is 39.3 Å². The number of likely N-dealkylation sites (tertiary alicyclic amines) is 1. The molecule has 2 amide bonds. The fourth-order valence-corrected chi connectivity index (χ4v) is 5.77. The second-order valence-corrected chi connectivity index (χ2v) is 11.8. The van der Waals surface area contributed by atoms with E-state index < -0.39 is 10.0 Å². The Labute approximate surface area is 211 Å². The normalized spacial score (nSPS) is 21.6. The van der Waals surface area contributed by atoms with Gasteiger partial charge in [0.1, 0.15) is 5.75 Å². The topological polar surface area (TPSA) is 70.2 Å². The summed E-state index contributed by atoms with van der Waals surface area (Å²) in [6.45, 7) is 4.94. The minimum absolute atomic E-state index is 0.0424. The monoisotopic (exact) mass is 525 g/mol. The van der Waals surface area contributed by atoms with Crippen molar-refractivity contribution in [3.05, 3.63) is 63.6 Å². The van der Waals surface area contributed by atoms with Crippen molar-refractivity contribution in [2.24, 2.45) is 5.92 Å². The molecular formula is C24H29Cl2N3O4S. The lowest BCUT2D eigenvalue weighted by Gasteiger charge is -2.35. The number of aryl methyl sites for hydroxylation is 1. The highest BCUT2D eigenvalue weighted by Crippen LogP contribution is 2.36. The predicted molar refractivity (Wildman–Crippen MR) is 134 cm³/mol. The minimum Gasteiger partial charge on any atom is -0.493 e. The number of nitrogens with zero attached hydrogens (tertiary/aromatic N) is 3. The summed E-state index contributed by atoms with van der Waals surface area (Å²) in [6.07, 6.45) is 1.20. The summed E-state index contributed by atoms with van der Waals surface area (Å²) in [5.74, 6) is 0.911. The van der Waals surface area contributed by atoms with Crippen molar-refractivity contribution in [2.75, 3.05) is 52.1 Å². The molecule has 2 fully saturated rings. The largest absolute Gasteiger partial charge is 0.493 e. The van der Waals surface area contributed by atoms with Gasteiger partial charge in [0, 0.05) is 51.1 Å². The van der Waals surface area contributed by atoms with Gasteiger partial charge in [-0.05, 0) is 42.3 Å². The number of ether oxygens (including phenoxy) is 1. The molecule has 184 valence electrons. The minimum atomic E-state index is -3.25. The maximum Gasteiger partial charge on any atom is 0.320 e. The predicted octanol–water partition coefficient (Wildman–Crippen LogP) is 4.09. The zero-order valence-corrected chi connectivity index (χ0v) is 21.6. The molecule has 7 nitrogen and oxygen atoms in total. The van der Waals surface area contributed by atoms with Crippen LogP contribution in [-0.2, 0) is 10.0 Å². The first kappa shape index (κ1) is 25.1. The first-order valence-corrected chi connectivity index (χ1v) is 13.9. The Morgan fingerprint density at radius 1 is 1.00 bits per heavy atom. The fraction of sp³-hybridized carbons (Fsp3) is 0.458. The number of carbonyl (C=O) groups excluding carboxylic acids is 1. The summed E-state index contributed by atoms with van der Waals surface area (Å²) in [5.41, 5.74) is 2.14. The van der Waals surface area contributed by atoms with Crippen LogP contribution in [0, 0.1) is 12.8 Å². The summed E-state index contributed by atoms with van der Waals surface area (Å²) in [5, 5.41) is 0.979. The second kappa shape index (κ2) is 10.3. The Morgan fingerprint density at radius 2 is 1.74 bits per heavy atom. The summed E-state index contributed by atoms with van der Waals surface area (Å²) >= 11 is 12.4. The van der Waals surface area contributed by atoms with Gasteiger partial charge in [0.25, 0.3) is 0 Å². The van der Waals surface area contributed by atoms with E-state index in [2.05, 4.69) is 0 Å². The average molecular weight is 526 g/mol. The average Bonchev–Trinajstić information content (AvgIpc) is 3.23. The van der Waals surface area contributed by atoms with Crippen LogP contribution in [0.3, 0.4) is 0 Å². The van der Waals surface area contributed by atoms with E-state index in [9.17, 15) is 13.2 Å². The number of carbonyl (C=O) groups is 1. The van der Waals surface area contributed by atoms with Crippen molar-refractivity contribution in [2.45, 2.75) is 12.8 Å². The number of benzene rings is 2. The third kappa shape index (κ3) is 5.79. The Bertz CT molecular complexity index is 1150. The van der Waals surface area contributed by atoms with E-state index in [1.54, 1.807) is 11.0 Å². The highest BCUT2D eigenvalue weighted by molar-refractivity contribution is 7.88. The van der Waals surface area contributed by atoms with Crippen LogP contribution in [0.5, 0.6) is 5.75 Å². The smallest absolute Gasteiger partial charge is 0.320 e. The van der Waals surface area contributed by atoms with Crippen LogP contribution in [0.15, 0.2) is 42.5 Å². The van der Waals surface area contributed by atoms with Gasteiger partial charge in [-0.3, -0.25) is 0 Å². The molecule has 0 saturated carbocycles. The Balaban J connectivity index is 1.48. The number of urea groups is 1. The molecule has 0 aliphatic carbocycles. The lowest BCUT2D eigenvalue weighted by Crippen LogP contribution is -2.53. The Morgan fingerprint density at radius 3 is 2.38 bits per heavy atom. The molecule has 0 radical (unpaired) electrons. The van der Waals surface area contributed by atoms with Gasteiger partial charge in [-0.1, -0.05) is 41.4 Å². The SMILES string of the molecule is Cc1cccc(OC[C@@H]2CN(C(=O)N3CCN(S(C)(=O)=O)CC3)C[C@H]2c2ccc(Cl)c(Cl)c2)c1. The molecule has 0 aromatic heterocycles. The van der Waals surface area contributed by atoms with Crippen LogP contribution in [-0.4, -0.2) is 80.7 Å². The highest BCUT2D eigenvalue weighted by atomic mass is 35.5. The molecule has 2 aromatic carbocycles. The molecule has 34 heavy (non-hydrogen) atoms. The number of rotatable bonds is 5. The van der Waals surface area contributed by atoms with Gasteiger partial charge in [0.15, 0.2) is 0 Å². The number of amides is 2. The molecular weight excluding hydrogens is 497 g/mol. The summed E-state index contributed by atoms with van der Waals surface area (Å²) in [4.78, 5) is 16.9. The molecule has 0 N–H and O–H groups in total. The van der Waals surface area contributed by atoms with Gasteiger partial charge < -0.3 is 14.5 Å². The summed E-state index contributed by atoms with van der Waals surface area (Å²) in [6, 6.07) is 13.4. The first-order valence-electron chi connectivity index (χ1n) is 11.2. The molecule has 2 aliphatic rings. The van der Waals surface area contributed by atoms with Crippen molar-refractivity contribution in [1.82, 2.24) is 14.1 Å². The van der Waals surface area contributed by atoms with Crippen molar-refractivity contribution in [3.8, 4) is 5.75 Å². The molecule has 2 aromatic rings. The van der Waals surface area contributed by atoms with Gasteiger partial charge in [0.2, 0.25) is 10.0 Å². The molecule has 10 heteroatoms. The fourth-order valence-electron chi connectivity index (χ4n) is 4.64. The summed E-state index contributed by atoms with van der Waals surface area (Å²) in [7, 11) is -3.25. The van der Waals surface area contributed by atoms with E-state index in [1.807, 2.05) is 48.2 Å². The van der Waals surface area contributed by atoms with E-state index in [0.29, 0.717) is 55.9 Å². The maximum atomic E-state index is 13.3. The van der Waals surface area contributed by atoms with Crippen LogP contribution in [0.4, 0.5) is 4.79 Å². The number of piperazine rings is 1. The third-order valence-corrected chi connectivity index (χ3v) is 8.56. The van der Waals surface area contributed by atoms with E-state index in [1.165, 1.54) is 10.6 Å². The third-order valence-electron chi connectivity index (χ3n) is 6.52. The molecule has 2 saturated heterocycles. The van der Waals surface area contributed by atoms with Gasteiger partial charge in [-0.2, -0.15) is 4.31 Å². The van der Waals surface area contributed by atoms with E-state index in [-0.39, 0.29) is 17.9 Å². The molecule has 0 bridgehead atoms. The molecule has 0 unspecified atom stereocenters. The Kier molecular flexibility index (Phi) is 7.62. The summed E-state index contributed by atoms with van der Waals surface area (Å²) < 4.78 is 31.1. The lowest BCUT2D eigenvalue weighted by molar-refractivity contribution is 0.139. The van der Waals surface area contributed by atoms with Gasteiger partial charge in [0.05, 0.1) is 22.9 Å². The standard InChI is InChI=1S/C24H29Cl2N3O4S/c1-17-4-3-5-20(12-17)33-16-19-14-28(15-21(19)18-6-7-22(25)23(26)13-18)24(30)27-8-10-29(11-9-27)34(2,31)32/h3-7,12-13,19,21H,8-11,14-16H2,1-2H3/t19-,21-/m0/s1. The zero-order chi connectivity index (χ0) is 24.5. The van der Waals surface area contributed by atoms with Crippen molar-refractivity contribution in [3.63, 3.8) is 0 Å². The Hall–Kier alpha value is -2.00. The van der Waals surface area contributed by atoms with Crippen LogP contribution >= 0.6 is 23.2 Å². The number of sulfonamides is 1. The van der Waals surface area contributed by atoms with Crippen LogP contribution in [0.1, 0.15) is 17.0 Å². The molecule has 2 aliphatic heterocycles. The number of halogens is 2. The highest BCUT2D eigenvalue weighted by Gasteiger charge is 2.39. The van der Waals surface area contributed by atoms with Crippen LogP contribution in [0.2, 0.25) is 10.0 Å². The molecule has 2 heterocycles. The van der Waals surface area contributed by atoms with Crippen molar-refractivity contribution < 1.29 is 17.9 Å². The number of hydrogen-bond acceptors (Lipinski definition) is 4. The number of hydrogen-bond donors (Lipinski definition) is 0. The van der Waals surface area contributed by atoms with Crippen LogP contribution in [0.25, 0.3) is 0 Å². The first-order chi connectivity index (χ1) is 16.1. The lowest BCUT2D eigenvalue weighted by atomic mass is 9.89. The quantitative estimate of drug-likeness (QED) is 0.589. The van der Waals surface area contributed by atoms with Crippen molar-refractivity contribution in [1.29, 1.82) is 0 Å². The van der Waals surface area contributed by atoms with E-state index >= 15 is 0 Å². The van der Waals surface area contributed by atoms with Gasteiger partial charge in [-0.25, -0.2) is 13.2 Å². The molecule has 0 spiro atoms. The second-order valence-electron chi connectivity index (χ2n) is 9.00. The van der Waals surface area contributed by atoms with E-state index in [0.717, 1.165) is 16.9 Å². The van der Waals surface area contributed by atoms with Gasteiger partial charge >= 0.3 is 6.03 Å². The maximum absolute atomic E-state index is 13.3. The molecule has 2 atom stereocenters. The zero-order valence-electron chi connectivity index (χ0n) is 19.3.